The van der Waals surface area contributed by atoms with Crippen LogP contribution < -0.4 is 10.8 Å². The van der Waals surface area contributed by atoms with Crippen LogP contribution in [0.15, 0.2) is 54.6 Å². The number of hydrogen-bond donors (Lipinski definition) is 3. The molecule has 1 saturated carbocycles. The van der Waals surface area contributed by atoms with E-state index >= 15 is 0 Å². The molecule has 5 nitrogen and oxygen atoms in total. The highest BCUT2D eigenvalue weighted by Crippen LogP contribution is 2.41. The molecule has 2 aromatic carbocycles. The van der Waals surface area contributed by atoms with Crippen LogP contribution in [0.25, 0.3) is 10.1 Å². The van der Waals surface area contributed by atoms with E-state index in [1.54, 1.807) is 17.6 Å². The Balaban J connectivity index is 1.55. The minimum atomic E-state index is -0.547. The molecule has 26 heavy (non-hydrogen) atoms. The minimum Gasteiger partial charge on any atom is -0.344 e. The number of amides is 2. The van der Waals surface area contributed by atoms with Crippen molar-refractivity contribution in [3.63, 3.8) is 0 Å². The summed E-state index contributed by atoms with van der Waals surface area (Å²) >= 11 is 1.49. The maximum Gasteiger partial charge on any atom is 0.274 e. The molecule has 0 spiro atoms. The lowest BCUT2D eigenvalue weighted by molar-refractivity contribution is 0.0706. The Morgan fingerprint density at radius 2 is 1.77 bits per heavy atom. The fourth-order valence-electron chi connectivity index (χ4n) is 3.12. The van der Waals surface area contributed by atoms with E-state index in [9.17, 15) is 9.59 Å². The molecule has 0 saturated heterocycles. The van der Waals surface area contributed by atoms with Crippen molar-refractivity contribution in [2.75, 3.05) is 0 Å². The van der Waals surface area contributed by atoms with Crippen molar-refractivity contribution in [1.29, 1.82) is 0 Å². The average Bonchev–Trinajstić information content (AvgIpc) is 3.42. The summed E-state index contributed by atoms with van der Waals surface area (Å²) < 4.78 is 1.10. The number of rotatable bonds is 5. The van der Waals surface area contributed by atoms with Gasteiger partial charge in [-0.1, -0.05) is 30.3 Å². The van der Waals surface area contributed by atoms with E-state index in [-0.39, 0.29) is 11.9 Å². The zero-order chi connectivity index (χ0) is 18.1. The molecule has 132 valence electrons. The molecule has 1 aliphatic carbocycles. The van der Waals surface area contributed by atoms with Gasteiger partial charge in [0.25, 0.3) is 11.8 Å². The topological polar surface area (TPSA) is 78.4 Å². The third-order valence-electron chi connectivity index (χ3n) is 4.66. The van der Waals surface area contributed by atoms with Crippen molar-refractivity contribution in [3.05, 3.63) is 70.6 Å². The van der Waals surface area contributed by atoms with Gasteiger partial charge in [0.05, 0.1) is 10.9 Å². The molecule has 3 N–H and O–H groups in total. The number of fused-ring (bicyclic) bond motifs is 1. The molecule has 0 aliphatic heterocycles. The summed E-state index contributed by atoms with van der Waals surface area (Å²) in [7, 11) is 0. The first-order valence-corrected chi connectivity index (χ1v) is 9.31. The van der Waals surface area contributed by atoms with E-state index in [0.29, 0.717) is 16.4 Å². The molecule has 1 fully saturated rings. The fourth-order valence-corrected chi connectivity index (χ4v) is 4.08. The number of hydrogen-bond acceptors (Lipinski definition) is 4. The number of thiophene rings is 1. The zero-order valence-electron chi connectivity index (χ0n) is 13.9. The van der Waals surface area contributed by atoms with Gasteiger partial charge in [-0.25, -0.2) is 5.48 Å². The van der Waals surface area contributed by atoms with Gasteiger partial charge in [-0.15, -0.1) is 11.3 Å². The normalized spacial score (nSPS) is 14.8. The number of carbonyl (C=O) groups is 2. The van der Waals surface area contributed by atoms with Gasteiger partial charge in [0, 0.05) is 10.3 Å². The van der Waals surface area contributed by atoms with Crippen molar-refractivity contribution in [2.45, 2.75) is 18.9 Å². The van der Waals surface area contributed by atoms with E-state index in [4.69, 9.17) is 5.21 Å². The van der Waals surface area contributed by atoms with Gasteiger partial charge in [0.2, 0.25) is 0 Å². The molecule has 2 amide bonds. The lowest BCUT2D eigenvalue weighted by atomic mass is 10.0. The molecule has 4 rings (SSSR count). The Hall–Kier alpha value is -2.70. The first-order chi connectivity index (χ1) is 12.7. The molecule has 1 aliphatic rings. The maximum atomic E-state index is 12.8. The van der Waals surface area contributed by atoms with E-state index in [0.717, 1.165) is 28.5 Å². The second-order valence-corrected chi connectivity index (χ2v) is 7.58. The molecular formula is C20H18N2O3S. The number of hydroxylamine groups is 1. The second-order valence-electron chi connectivity index (χ2n) is 6.50. The van der Waals surface area contributed by atoms with Crippen LogP contribution in [0.1, 0.15) is 44.5 Å². The van der Waals surface area contributed by atoms with Crippen molar-refractivity contribution in [3.8, 4) is 0 Å². The van der Waals surface area contributed by atoms with Gasteiger partial charge in [-0.05, 0) is 54.0 Å². The van der Waals surface area contributed by atoms with Crippen LogP contribution in [-0.2, 0) is 0 Å². The number of nitrogens with one attached hydrogen (secondary N) is 2. The molecule has 3 aromatic rings. The summed E-state index contributed by atoms with van der Waals surface area (Å²) in [6.07, 6.45) is 2.16. The van der Waals surface area contributed by atoms with Crippen LogP contribution in [-0.4, -0.2) is 17.0 Å². The van der Waals surface area contributed by atoms with Crippen molar-refractivity contribution < 1.29 is 14.8 Å². The first-order valence-electron chi connectivity index (χ1n) is 8.49. The zero-order valence-corrected chi connectivity index (χ0v) is 14.8. The standard InChI is InChI=1S/C20H18N2O3S/c23-19(22-25)14-9-7-13(8-10-14)18(12-5-6-12)21-20(24)17-11-15-3-1-2-4-16(15)26-17/h1-4,7-12,18,25H,5-6H2,(H,21,24)(H,22,23)/t18-/m0/s1. The largest absolute Gasteiger partial charge is 0.344 e. The second kappa shape index (κ2) is 6.90. The van der Waals surface area contributed by atoms with Gasteiger partial charge in [0.15, 0.2) is 0 Å². The van der Waals surface area contributed by atoms with Crippen molar-refractivity contribution in [1.82, 2.24) is 10.8 Å². The summed E-state index contributed by atoms with van der Waals surface area (Å²) in [5, 5.41) is 12.9. The van der Waals surface area contributed by atoms with Gasteiger partial charge < -0.3 is 5.32 Å². The quantitative estimate of drug-likeness (QED) is 0.473. The maximum absolute atomic E-state index is 12.8. The molecular weight excluding hydrogens is 348 g/mol. The Morgan fingerprint density at radius 1 is 1.04 bits per heavy atom. The van der Waals surface area contributed by atoms with E-state index in [1.807, 2.05) is 42.5 Å². The lowest BCUT2D eigenvalue weighted by Gasteiger charge is -2.18. The van der Waals surface area contributed by atoms with Crippen LogP contribution >= 0.6 is 11.3 Å². The predicted molar refractivity (Wildman–Crippen MR) is 100 cm³/mol. The van der Waals surface area contributed by atoms with Gasteiger partial charge in [-0.3, -0.25) is 14.8 Å². The summed E-state index contributed by atoms with van der Waals surface area (Å²) in [4.78, 5) is 24.9. The van der Waals surface area contributed by atoms with Crippen LogP contribution in [0.3, 0.4) is 0 Å². The molecule has 1 aromatic heterocycles. The Morgan fingerprint density at radius 3 is 2.42 bits per heavy atom. The first kappa shape index (κ1) is 16.8. The third kappa shape index (κ3) is 3.34. The number of carbonyl (C=O) groups excluding carboxylic acids is 2. The van der Waals surface area contributed by atoms with Crippen LogP contribution in [0, 0.1) is 5.92 Å². The van der Waals surface area contributed by atoms with Gasteiger partial charge >= 0.3 is 0 Å². The Labute approximate surface area is 154 Å². The highest BCUT2D eigenvalue weighted by Gasteiger charge is 2.33. The van der Waals surface area contributed by atoms with Crippen LogP contribution in [0.5, 0.6) is 0 Å². The molecule has 0 unspecified atom stereocenters. The molecule has 6 heteroatoms. The van der Waals surface area contributed by atoms with Gasteiger partial charge in [-0.2, -0.15) is 0 Å². The Kier molecular flexibility index (Phi) is 4.44. The molecule has 1 heterocycles. The summed E-state index contributed by atoms with van der Waals surface area (Å²) in [5.74, 6) is -0.194. The highest BCUT2D eigenvalue weighted by atomic mass is 32.1. The SMILES string of the molecule is O=C(NO)c1ccc([C@@H](NC(=O)c2cc3ccccc3s2)C2CC2)cc1. The predicted octanol–water partition coefficient (Wildman–Crippen LogP) is 3.90. The lowest BCUT2D eigenvalue weighted by Crippen LogP contribution is -2.29. The summed E-state index contributed by atoms with van der Waals surface area (Å²) in [6, 6.07) is 16.8. The summed E-state index contributed by atoms with van der Waals surface area (Å²) in [6.45, 7) is 0. The van der Waals surface area contributed by atoms with E-state index in [2.05, 4.69) is 5.32 Å². The summed E-state index contributed by atoms with van der Waals surface area (Å²) in [5.41, 5.74) is 2.97. The molecule has 1 atom stereocenters. The number of benzene rings is 2. The molecule has 0 bridgehead atoms. The average molecular weight is 366 g/mol. The fraction of sp³-hybridized carbons (Fsp3) is 0.200. The molecule has 0 radical (unpaired) electrons. The Bertz CT molecular complexity index is 928. The highest BCUT2D eigenvalue weighted by molar-refractivity contribution is 7.20. The van der Waals surface area contributed by atoms with Crippen LogP contribution in [0.2, 0.25) is 0 Å². The van der Waals surface area contributed by atoms with E-state index < -0.39 is 5.91 Å². The van der Waals surface area contributed by atoms with Crippen molar-refractivity contribution >= 4 is 33.2 Å². The van der Waals surface area contributed by atoms with Crippen molar-refractivity contribution in [2.24, 2.45) is 5.92 Å². The monoisotopic (exact) mass is 366 g/mol. The van der Waals surface area contributed by atoms with Crippen LogP contribution in [0.4, 0.5) is 0 Å². The van der Waals surface area contributed by atoms with Gasteiger partial charge in [0.1, 0.15) is 0 Å². The smallest absolute Gasteiger partial charge is 0.274 e. The third-order valence-corrected chi connectivity index (χ3v) is 5.78. The van der Waals surface area contributed by atoms with E-state index in [1.165, 1.54) is 11.3 Å². The minimum absolute atomic E-state index is 0.0692.